The van der Waals surface area contributed by atoms with Crippen LogP contribution in [0.1, 0.15) is 77.1 Å². The normalized spacial score (nSPS) is 13.2. The van der Waals surface area contributed by atoms with E-state index < -0.39 is 59.1 Å². The van der Waals surface area contributed by atoms with Crippen LogP contribution in [0.2, 0.25) is 0 Å². The van der Waals surface area contributed by atoms with Crippen molar-refractivity contribution in [1.82, 2.24) is 15.5 Å². The van der Waals surface area contributed by atoms with Crippen molar-refractivity contribution >= 4 is 35.9 Å². The Morgan fingerprint density at radius 3 is 2.06 bits per heavy atom. The maximum Gasteiger partial charge on any atom is 0.408 e. The van der Waals surface area contributed by atoms with Crippen LogP contribution in [0.3, 0.4) is 0 Å². The zero-order chi connectivity index (χ0) is 35.4. The van der Waals surface area contributed by atoms with E-state index in [1.54, 1.807) is 71.9 Å². The molecule has 2 rings (SSSR count). The van der Waals surface area contributed by atoms with E-state index in [0.29, 0.717) is 11.1 Å². The van der Waals surface area contributed by atoms with Gasteiger partial charge < -0.3 is 30.7 Å². The molecule has 4 amide bonds. The summed E-state index contributed by atoms with van der Waals surface area (Å²) in [5.74, 6) is -2.71. The molecule has 0 aliphatic rings. The van der Waals surface area contributed by atoms with E-state index in [0.717, 1.165) is 5.56 Å². The van der Waals surface area contributed by atoms with Crippen molar-refractivity contribution in [3.63, 3.8) is 0 Å². The Hall–Kier alpha value is -4.93. The number of rotatable bonds is 15. The van der Waals surface area contributed by atoms with Crippen LogP contribution < -0.4 is 16.4 Å². The first-order valence-electron chi connectivity index (χ1n) is 15.4. The summed E-state index contributed by atoms with van der Waals surface area (Å²) in [6.45, 7) is 17.6. The quantitative estimate of drug-likeness (QED) is 0.188. The molecule has 0 aliphatic heterocycles. The van der Waals surface area contributed by atoms with E-state index in [1.807, 2.05) is 30.3 Å². The highest BCUT2D eigenvalue weighted by atomic mass is 16.6. The third-order valence-corrected chi connectivity index (χ3v) is 6.59. The zero-order valence-electron chi connectivity index (χ0n) is 28.2. The van der Waals surface area contributed by atoms with E-state index >= 15 is 0 Å². The molecule has 0 heterocycles. The average Bonchev–Trinajstić information content (AvgIpc) is 2.97. The smallest absolute Gasteiger partial charge is 0.408 e. The number of esters is 1. The molecule has 0 radical (unpaired) electrons. The van der Waals surface area contributed by atoms with Gasteiger partial charge in [-0.3, -0.25) is 14.4 Å². The molecule has 0 bridgehead atoms. The molecular formula is C36H48N4O7. The van der Waals surface area contributed by atoms with Crippen LogP contribution in [0.25, 0.3) is 6.08 Å². The summed E-state index contributed by atoms with van der Waals surface area (Å²) < 4.78 is 11.0. The van der Waals surface area contributed by atoms with Gasteiger partial charge in [0.25, 0.3) is 0 Å². The second kappa shape index (κ2) is 17.1. The summed E-state index contributed by atoms with van der Waals surface area (Å²) in [5, 5.41) is 5.36. The van der Waals surface area contributed by atoms with Gasteiger partial charge in [0.15, 0.2) is 0 Å². The van der Waals surface area contributed by atoms with Crippen molar-refractivity contribution < 1.29 is 33.4 Å². The number of ether oxygens (including phenoxy) is 2. The lowest BCUT2D eigenvalue weighted by atomic mass is 9.98. The first-order valence-corrected chi connectivity index (χ1v) is 15.4. The van der Waals surface area contributed by atoms with E-state index in [9.17, 15) is 24.0 Å². The van der Waals surface area contributed by atoms with Gasteiger partial charge in [0, 0.05) is 19.4 Å². The van der Waals surface area contributed by atoms with E-state index in [4.69, 9.17) is 15.2 Å². The Kier molecular flexibility index (Phi) is 13.9. The third-order valence-electron chi connectivity index (χ3n) is 6.59. The number of nitrogens with one attached hydrogen (secondary N) is 2. The Morgan fingerprint density at radius 2 is 1.51 bits per heavy atom. The summed E-state index contributed by atoms with van der Waals surface area (Å²) in [4.78, 5) is 67.8. The predicted octanol–water partition coefficient (Wildman–Crippen LogP) is 4.61. The lowest BCUT2D eigenvalue weighted by Crippen LogP contribution is -2.55. The number of primary amides is 1. The molecule has 0 saturated heterocycles. The van der Waals surface area contributed by atoms with E-state index in [1.165, 1.54) is 11.0 Å². The highest BCUT2D eigenvalue weighted by molar-refractivity contribution is 5.94. The Bertz CT molecular complexity index is 1430. The van der Waals surface area contributed by atoms with Crippen LogP contribution in [0.15, 0.2) is 73.8 Å². The van der Waals surface area contributed by atoms with Gasteiger partial charge in [-0.25, -0.2) is 9.59 Å². The fourth-order valence-electron chi connectivity index (χ4n) is 4.65. The van der Waals surface area contributed by atoms with Gasteiger partial charge >= 0.3 is 12.1 Å². The molecule has 3 atom stereocenters. The summed E-state index contributed by atoms with van der Waals surface area (Å²) in [6.07, 6.45) is 1.88. The highest BCUT2D eigenvalue weighted by Crippen LogP contribution is 2.26. The minimum atomic E-state index is -1.31. The molecule has 3 unspecified atom stereocenters. The SMILES string of the molecule is C=CCN(C(=O)C(CCC(N)=O)NC(=O)OC(C)(C)C)C(C(=O)NC(Cc1ccccc1)C(=O)OC(C)(C)C)c1cccc(C=C)c1. The van der Waals surface area contributed by atoms with Crippen LogP contribution in [0.4, 0.5) is 4.79 Å². The van der Waals surface area contributed by atoms with Gasteiger partial charge in [0.05, 0.1) is 0 Å². The molecule has 47 heavy (non-hydrogen) atoms. The highest BCUT2D eigenvalue weighted by Gasteiger charge is 2.38. The minimum Gasteiger partial charge on any atom is -0.458 e. The molecule has 2 aromatic rings. The van der Waals surface area contributed by atoms with Gasteiger partial charge in [0.2, 0.25) is 17.7 Å². The number of benzene rings is 2. The summed E-state index contributed by atoms with van der Waals surface area (Å²) in [7, 11) is 0. The summed E-state index contributed by atoms with van der Waals surface area (Å²) >= 11 is 0. The topological polar surface area (TPSA) is 157 Å². The number of hydrogen-bond donors (Lipinski definition) is 3. The number of nitrogens with zero attached hydrogens (tertiary/aromatic N) is 1. The first kappa shape index (κ1) is 38.3. The fourth-order valence-corrected chi connectivity index (χ4v) is 4.65. The van der Waals surface area contributed by atoms with Gasteiger partial charge in [-0.15, -0.1) is 6.58 Å². The number of carbonyl (C=O) groups is 5. The number of hydrogen-bond acceptors (Lipinski definition) is 7. The zero-order valence-corrected chi connectivity index (χ0v) is 28.2. The Balaban J connectivity index is 2.63. The van der Waals surface area contributed by atoms with Crippen LogP contribution >= 0.6 is 0 Å². The monoisotopic (exact) mass is 648 g/mol. The minimum absolute atomic E-state index is 0.123. The van der Waals surface area contributed by atoms with E-state index in [2.05, 4.69) is 23.8 Å². The molecular weight excluding hydrogens is 600 g/mol. The van der Waals surface area contributed by atoms with Gasteiger partial charge in [0.1, 0.15) is 29.3 Å². The van der Waals surface area contributed by atoms with Crippen molar-refractivity contribution in [3.05, 3.63) is 90.5 Å². The number of carbonyl (C=O) groups excluding carboxylic acids is 5. The van der Waals surface area contributed by atoms with Gasteiger partial charge in [-0.05, 0) is 70.7 Å². The maximum absolute atomic E-state index is 14.4. The largest absolute Gasteiger partial charge is 0.458 e. The third kappa shape index (κ3) is 13.1. The van der Waals surface area contributed by atoms with Crippen LogP contribution in [0, 0.1) is 0 Å². The van der Waals surface area contributed by atoms with Crippen LogP contribution in [-0.2, 0) is 35.1 Å². The lowest BCUT2D eigenvalue weighted by molar-refractivity contribution is -0.159. The van der Waals surface area contributed by atoms with E-state index in [-0.39, 0.29) is 25.8 Å². The molecule has 0 aliphatic carbocycles. The van der Waals surface area contributed by atoms with Gasteiger partial charge in [-0.1, -0.05) is 67.3 Å². The Morgan fingerprint density at radius 1 is 0.872 bits per heavy atom. The maximum atomic E-state index is 14.4. The second-order valence-corrected chi connectivity index (χ2v) is 13.0. The molecule has 0 spiro atoms. The van der Waals surface area contributed by atoms with Crippen molar-refractivity contribution in [3.8, 4) is 0 Å². The predicted molar refractivity (Wildman–Crippen MR) is 181 cm³/mol. The van der Waals surface area contributed by atoms with Crippen molar-refractivity contribution in [1.29, 1.82) is 0 Å². The summed E-state index contributed by atoms with van der Waals surface area (Å²) in [5.41, 5.74) is 5.55. The van der Waals surface area contributed by atoms with Crippen molar-refractivity contribution in [2.75, 3.05) is 6.54 Å². The molecule has 0 aromatic heterocycles. The molecule has 2 aromatic carbocycles. The Labute approximate surface area is 277 Å². The number of alkyl carbamates (subject to hydrolysis) is 1. The van der Waals surface area contributed by atoms with Crippen molar-refractivity contribution in [2.24, 2.45) is 5.73 Å². The second-order valence-electron chi connectivity index (χ2n) is 13.0. The first-order chi connectivity index (χ1) is 21.9. The molecule has 0 saturated carbocycles. The van der Waals surface area contributed by atoms with Crippen LogP contribution in [0.5, 0.6) is 0 Å². The molecule has 4 N–H and O–H groups in total. The standard InChI is InChI=1S/C36H48N4O7/c1-9-21-40(32(43)27(19-20-29(37)41)39-34(45)47-36(6,7)8)30(26-18-14-17-24(10-2)22-26)31(42)38-28(33(44)46-35(3,4)5)23-25-15-12-11-13-16-25/h9-18,22,27-28,30H,1-2,19-21,23H2,3-8H3,(H2,37,41)(H,38,42)(H,39,45). The molecule has 254 valence electrons. The van der Waals surface area contributed by atoms with Gasteiger partial charge in [-0.2, -0.15) is 0 Å². The molecule has 11 nitrogen and oxygen atoms in total. The number of amides is 4. The number of nitrogens with two attached hydrogens (primary N) is 1. The average molecular weight is 649 g/mol. The molecule has 0 fully saturated rings. The molecule has 11 heteroatoms. The summed E-state index contributed by atoms with van der Waals surface area (Å²) in [6, 6.07) is 12.3. The fraction of sp³-hybridized carbons (Fsp3) is 0.417. The van der Waals surface area contributed by atoms with Crippen molar-refractivity contribution in [2.45, 2.75) is 90.1 Å². The van der Waals surface area contributed by atoms with Crippen LogP contribution in [-0.4, -0.2) is 64.5 Å². The lowest BCUT2D eigenvalue weighted by Gasteiger charge is -2.35.